The monoisotopic (exact) mass is 516 g/mol. The molecular weight excluding hydrogens is 476 g/mol. The van der Waals surface area contributed by atoms with Crippen LogP contribution in [0.25, 0.3) is 0 Å². The van der Waals surface area contributed by atoms with Crippen LogP contribution in [0, 0.1) is 0 Å². The molecule has 0 saturated carbocycles. The number of amides is 2. The molecule has 1 N–H and O–H groups in total. The third-order valence-corrected chi connectivity index (χ3v) is 6.25. The number of nitrogens with one attached hydrogen (secondary N) is 1. The van der Waals surface area contributed by atoms with Crippen LogP contribution in [0.2, 0.25) is 0 Å². The number of aryl methyl sites for hydroxylation is 1. The SMILES string of the molecule is CCCNC(=O)[C@H](Cc1ccccc1)N(Cc1ccccc1)C(=O)CCc1ccc(OCC)c(OCC)c1. The van der Waals surface area contributed by atoms with Gasteiger partial charge in [0.05, 0.1) is 13.2 Å². The van der Waals surface area contributed by atoms with Crippen LogP contribution in [-0.2, 0) is 29.0 Å². The van der Waals surface area contributed by atoms with Crippen molar-refractivity contribution in [3.63, 3.8) is 0 Å². The quantitative estimate of drug-likeness (QED) is 0.286. The molecule has 38 heavy (non-hydrogen) atoms. The number of hydrogen-bond donors (Lipinski definition) is 1. The van der Waals surface area contributed by atoms with Crippen molar-refractivity contribution in [2.75, 3.05) is 19.8 Å². The van der Waals surface area contributed by atoms with Gasteiger partial charge in [0.1, 0.15) is 6.04 Å². The van der Waals surface area contributed by atoms with Crippen molar-refractivity contribution < 1.29 is 19.1 Å². The predicted molar refractivity (Wildman–Crippen MR) is 151 cm³/mol. The molecule has 0 spiro atoms. The van der Waals surface area contributed by atoms with Crippen molar-refractivity contribution in [3.8, 4) is 11.5 Å². The van der Waals surface area contributed by atoms with Gasteiger partial charge in [0.25, 0.3) is 0 Å². The molecule has 3 rings (SSSR count). The second kappa shape index (κ2) is 15.5. The Balaban J connectivity index is 1.86. The van der Waals surface area contributed by atoms with Crippen LogP contribution >= 0.6 is 0 Å². The first-order chi connectivity index (χ1) is 18.5. The van der Waals surface area contributed by atoms with Gasteiger partial charge < -0.3 is 19.7 Å². The summed E-state index contributed by atoms with van der Waals surface area (Å²) < 4.78 is 11.4. The molecule has 0 unspecified atom stereocenters. The topological polar surface area (TPSA) is 67.9 Å². The zero-order valence-corrected chi connectivity index (χ0v) is 22.8. The summed E-state index contributed by atoms with van der Waals surface area (Å²) in [6, 6.07) is 24.9. The van der Waals surface area contributed by atoms with Crippen LogP contribution in [0.15, 0.2) is 78.9 Å². The summed E-state index contributed by atoms with van der Waals surface area (Å²) in [4.78, 5) is 28.9. The highest BCUT2D eigenvalue weighted by molar-refractivity contribution is 5.88. The van der Waals surface area contributed by atoms with Gasteiger partial charge in [-0.05, 0) is 55.5 Å². The van der Waals surface area contributed by atoms with E-state index in [0.717, 1.165) is 23.1 Å². The fourth-order valence-electron chi connectivity index (χ4n) is 4.35. The van der Waals surface area contributed by atoms with Gasteiger partial charge in [0.2, 0.25) is 11.8 Å². The summed E-state index contributed by atoms with van der Waals surface area (Å²) in [5.41, 5.74) is 2.99. The average molecular weight is 517 g/mol. The summed E-state index contributed by atoms with van der Waals surface area (Å²) in [5, 5.41) is 3.02. The Hall–Kier alpha value is -3.80. The lowest BCUT2D eigenvalue weighted by Gasteiger charge is -2.31. The summed E-state index contributed by atoms with van der Waals surface area (Å²) in [6.45, 7) is 7.91. The molecule has 6 heteroatoms. The second-order valence-corrected chi connectivity index (χ2v) is 9.15. The van der Waals surface area contributed by atoms with Crippen LogP contribution in [0.4, 0.5) is 0 Å². The fourth-order valence-corrected chi connectivity index (χ4v) is 4.35. The predicted octanol–water partition coefficient (Wildman–Crippen LogP) is 5.58. The molecule has 0 fully saturated rings. The Bertz CT molecular complexity index is 1130. The Labute approximate surface area is 227 Å². The van der Waals surface area contributed by atoms with Crippen LogP contribution in [0.5, 0.6) is 11.5 Å². The molecule has 202 valence electrons. The highest BCUT2D eigenvalue weighted by Gasteiger charge is 2.30. The first kappa shape index (κ1) is 28.8. The van der Waals surface area contributed by atoms with Crippen LogP contribution in [0.3, 0.4) is 0 Å². The zero-order chi connectivity index (χ0) is 27.2. The normalized spacial score (nSPS) is 11.4. The molecule has 0 saturated heterocycles. The lowest BCUT2D eigenvalue weighted by molar-refractivity contribution is -0.141. The summed E-state index contributed by atoms with van der Waals surface area (Å²) in [6.07, 6.45) is 2.09. The van der Waals surface area contributed by atoms with Gasteiger partial charge in [-0.3, -0.25) is 9.59 Å². The minimum atomic E-state index is -0.615. The lowest BCUT2D eigenvalue weighted by Crippen LogP contribution is -2.50. The van der Waals surface area contributed by atoms with Crippen LogP contribution in [0.1, 0.15) is 50.3 Å². The Kier molecular flexibility index (Phi) is 11.7. The average Bonchev–Trinajstić information content (AvgIpc) is 2.95. The van der Waals surface area contributed by atoms with Crippen molar-refractivity contribution in [2.45, 2.75) is 59.0 Å². The molecule has 2 amide bonds. The van der Waals surface area contributed by atoms with Crippen molar-refractivity contribution in [2.24, 2.45) is 0 Å². The Morgan fingerprint density at radius 3 is 2.05 bits per heavy atom. The maximum Gasteiger partial charge on any atom is 0.243 e. The molecule has 1 atom stereocenters. The highest BCUT2D eigenvalue weighted by Crippen LogP contribution is 2.29. The van der Waals surface area contributed by atoms with E-state index in [9.17, 15) is 9.59 Å². The first-order valence-electron chi connectivity index (χ1n) is 13.6. The number of hydrogen-bond acceptors (Lipinski definition) is 4. The number of benzene rings is 3. The second-order valence-electron chi connectivity index (χ2n) is 9.15. The number of rotatable bonds is 15. The smallest absolute Gasteiger partial charge is 0.243 e. The third-order valence-electron chi connectivity index (χ3n) is 6.25. The summed E-state index contributed by atoms with van der Waals surface area (Å²) >= 11 is 0. The number of nitrogens with zero attached hydrogens (tertiary/aromatic N) is 1. The minimum absolute atomic E-state index is 0.0618. The van der Waals surface area contributed by atoms with E-state index in [1.165, 1.54) is 0 Å². The molecular formula is C32H40N2O4. The minimum Gasteiger partial charge on any atom is -0.490 e. The molecule has 0 aliphatic heterocycles. The zero-order valence-electron chi connectivity index (χ0n) is 22.8. The van der Waals surface area contributed by atoms with Crippen molar-refractivity contribution >= 4 is 11.8 Å². The van der Waals surface area contributed by atoms with Gasteiger partial charge in [0.15, 0.2) is 11.5 Å². The summed E-state index contributed by atoms with van der Waals surface area (Å²) in [7, 11) is 0. The maximum atomic E-state index is 13.8. The van der Waals surface area contributed by atoms with E-state index in [2.05, 4.69) is 5.32 Å². The molecule has 0 aliphatic carbocycles. The fraction of sp³-hybridized carbons (Fsp3) is 0.375. The van der Waals surface area contributed by atoms with E-state index in [0.29, 0.717) is 50.6 Å². The largest absolute Gasteiger partial charge is 0.490 e. The third kappa shape index (κ3) is 8.65. The molecule has 3 aromatic carbocycles. The molecule has 0 bridgehead atoms. The molecule has 6 nitrogen and oxygen atoms in total. The molecule has 0 aliphatic rings. The number of carbonyl (C=O) groups is 2. The van der Waals surface area contributed by atoms with Gasteiger partial charge in [-0.15, -0.1) is 0 Å². The van der Waals surface area contributed by atoms with Gasteiger partial charge in [-0.25, -0.2) is 0 Å². The number of ether oxygens (including phenoxy) is 2. The Morgan fingerprint density at radius 2 is 1.42 bits per heavy atom. The Morgan fingerprint density at radius 1 is 0.789 bits per heavy atom. The summed E-state index contributed by atoms with van der Waals surface area (Å²) in [5.74, 6) is 1.19. The van der Waals surface area contributed by atoms with E-state index in [1.54, 1.807) is 4.90 Å². The first-order valence-corrected chi connectivity index (χ1v) is 13.6. The van der Waals surface area contributed by atoms with E-state index in [1.807, 2.05) is 99.6 Å². The maximum absolute atomic E-state index is 13.8. The van der Waals surface area contributed by atoms with Gasteiger partial charge >= 0.3 is 0 Å². The van der Waals surface area contributed by atoms with Crippen molar-refractivity contribution in [1.82, 2.24) is 10.2 Å². The molecule has 0 aromatic heterocycles. The highest BCUT2D eigenvalue weighted by atomic mass is 16.5. The van der Waals surface area contributed by atoms with Crippen molar-refractivity contribution in [1.29, 1.82) is 0 Å². The molecule has 3 aromatic rings. The van der Waals surface area contributed by atoms with Gasteiger partial charge in [0, 0.05) is 25.9 Å². The van der Waals surface area contributed by atoms with Crippen molar-refractivity contribution in [3.05, 3.63) is 95.6 Å². The van der Waals surface area contributed by atoms with E-state index in [-0.39, 0.29) is 18.2 Å². The van der Waals surface area contributed by atoms with Gasteiger partial charge in [-0.2, -0.15) is 0 Å². The molecule has 0 heterocycles. The van der Waals surface area contributed by atoms with E-state index >= 15 is 0 Å². The van der Waals surface area contributed by atoms with Crippen LogP contribution < -0.4 is 14.8 Å². The standard InChI is InChI=1S/C32H40N2O4/c1-4-21-33-32(36)28(22-25-13-9-7-10-14-25)34(24-27-15-11-8-12-16-27)31(35)20-18-26-17-19-29(37-5-2)30(23-26)38-6-3/h7-17,19,23,28H,4-6,18,20-22,24H2,1-3H3,(H,33,36)/t28-/m0/s1. The number of carbonyl (C=O) groups excluding carboxylic acids is 2. The van der Waals surface area contributed by atoms with Gasteiger partial charge in [-0.1, -0.05) is 73.7 Å². The van der Waals surface area contributed by atoms with E-state index < -0.39 is 6.04 Å². The molecule has 0 radical (unpaired) electrons. The van der Waals surface area contributed by atoms with Crippen LogP contribution in [-0.4, -0.2) is 42.5 Å². The van der Waals surface area contributed by atoms with E-state index in [4.69, 9.17) is 9.47 Å². The lowest BCUT2D eigenvalue weighted by atomic mass is 10.0.